The van der Waals surface area contributed by atoms with Gasteiger partial charge in [0.05, 0.1) is 13.2 Å². The number of hydrogen-bond donors (Lipinski definition) is 2. The zero-order valence-electron chi connectivity index (χ0n) is 14.9. The molecule has 0 aliphatic carbocycles. The van der Waals surface area contributed by atoms with Crippen LogP contribution < -0.4 is 15.4 Å². The second-order valence-corrected chi connectivity index (χ2v) is 5.43. The van der Waals surface area contributed by atoms with Crippen LogP contribution in [0.2, 0.25) is 0 Å². The van der Waals surface area contributed by atoms with Gasteiger partial charge in [-0.3, -0.25) is 0 Å². The lowest BCUT2D eigenvalue weighted by Gasteiger charge is -2.12. The molecular formula is C18H26FIN4O. The van der Waals surface area contributed by atoms with E-state index >= 15 is 0 Å². The summed E-state index contributed by atoms with van der Waals surface area (Å²) in [6, 6.07) is 7.03. The summed E-state index contributed by atoms with van der Waals surface area (Å²) in [7, 11) is 1.98. The highest BCUT2D eigenvalue weighted by Crippen LogP contribution is 2.18. The Labute approximate surface area is 165 Å². The lowest BCUT2D eigenvalue weighted by atomic mass is 10.2. The number of benzene rings is 1. The number of hydrogen-bond acceptors (Lipinski definition) is 2. The minimum absolute atomic E-state index is 0. The molecule has 0 atom stereocenters. The molecule has 5 nitrogen and oxygen atoms in total. The number of aryl methyl sites for hydroxylation is 1. The third-order valence-corrected chi connectivity index (χ3v) is 3.41. The molecule has 0 aliphatic rings. The third kappa shape index (κ3) is 6.93. The molecule has 2 rings (SSSR count). The lowest BCUT2D eigenvalue weighted by molar-refractivity contribution is 0.321. The average molecular weight is 460 g/mol. The number of nitrogens with one attached hydrogen (secondary N) is 2. The Bertz CT molecular complexity index is 687. The van der Waals surface area contributed by atoms with Crippen molar-refractivity contribution in [2.75, 3.05) is 13.2 Å². The molecule has 0 saturated carbocycles. The number of rotatable bonds is 7. The highest BCUT2D eigenvalue weighted by molar-refractivity contribution is 14.0. The zero-order chi connectivity index (χ0) is 17.4. The van der Waals surface area contributed by atoms with Gasteiger partial charge in [-0.2, -0.15) is 0 Å². The van der Waals surface area contributed by atoms with E-state index in [0.29, 0.717) is 25.7 Å². The van der Waals surface area contributed by atoms with Gasteiger partial charge < -0.3 is 19.9 Å². The number of guanidine groups is 1. The van der Waals surface area contributed by atoms with Crippen molar-refractivity contribution in [2.24, 2.45) is 12.0 Å². The standard InChI is InChI=1S/C18H25FN4O.HI/c1-4-20-18(22-12-15-8-9-23(3)13-15)21-11-14-6-7-17(24-5-2)16(19)10-14;/h6-10,13H,4-5,11-12H2,1-3H3,(H2,20,21,22);1H. The normalized spacial score (nSPS) is 11.0. The van der Waals surface area contributed by atoms with Crippen LogP contribution in [-0.2, 0) is 20.1 Å². The van der Waals surface area contributed by atoms with Crippen LogP contribution in [0.15, 0.2) is 41.7 Å². The van der Waals surface area contributed by atoms with Gasteiger partial charge in [0.25, 0.3) is 0 Å². The van der Waals surface area contributed by atoms with Crippen LogP contribution in [-0.4, -0.2) is 23.7 Å². The molecule has 2 aromatic rings. The van der Waals surface area contributed by atoms with Crippen molar-refractivity contribution in [2.45, 2.75) is 26.9 Å². The van der Waals surface area contributed by atoms with Crippen LogP contribution in [0.4, 0.5) is 4.39 Å². The average Bonchev–Trinajstić information content (AvgIpc) is 2.98. The molecule has 138 valence electrons. The summed E-state index contributed by atoms with van der Waals surface area (Å²) in [5.41, 5.74) is 1.98. The van der Waals surface area contributed by atoms with E-state index in [9.17, 15) is 4.39 Å². The highest BCUT2D eigenvalue weighted by Gasteiger charge is 2.05. The summed E-state index contributed by atoms with van der Waals surface area (Å²) in [6.45, 7) is 6.14. The molecule has 0 amide bonds. The lowest BCUT2D eigenvalue weighted by Crippen LogP contribution is -2.36. The van der Waals surface area contributed by atoms with E-state index in [2.05, 4.69) is 15.6 Å². The van der Waals surface area contributed by atoms with Gasteiger partial charge in [-0.05, 0) is 43.2 Å². The van der Waals surface area contributed by atoms with Crippen molar-refractivity contribution in [1.82, 2.24) is 15.2 Å². The Morgan fingerprint density at radius 3 is 2.60 bits per heavy atom. The second kappa shape index (κ2) is 11.0. The van der Waals surface area contributed by atoms with Gasteiger partial charge >= 0.3 is 0 Å². The smallest absolute Gasteiger partial charge is 0.191 e. The molecule has 0 aliphatic heterocycles. The van der Waals surface area contributed by atoms with Crippen LogP contribution in [0.3, 0.4) is 0 Å². The third-order valence-electron chi connectivity index (χ3n) is 3.41. The van der Waals surface area contributed by atoms with E-state index in [1.807, 2.05) is 50.0 Å². The fourth-order valence-corrected chi connectivity index (χ4v) is 2.28. The van der Waals surface area contributed by atoms with Crippen molar-refractivity contribution in [1.29, 1.82) is 0 Å². The van der Waals surface area contributed by atoms with Crippen LogP contribution in [0, 0.1) is 5.82 Å². The Morgan fingerprint density at radius 1 is 1.20 bits per heavy atom. The summed E-state index contributed by atoms with van der Waals surface area (Å²) in [4.78, 5) is 4.54. The molecule has 1 aromatic carbocycles. The molecule has 0 radical (unpaired) electrons. The molecule has 0 saturated heterocycles. The van der Waals surface area contributed by atoms with Crippen molar-refractivity contribution in [3.05, 3.63) is 53.6 Å². The minimum atomic E-state index is -0.345. The molecular weight excluding hydrogens is 434 g/mol. The fraction of sp³-hybridized carbons (Fsp3) is 0.389. The number of aromatic nitrogens is 1. The quantitative estimate of drug-likeness (QED) is 0.378. The fourth-order valence-electron chi connectivity index (χ4n) is 2.28. The molecule has 0 bridgehead atoms. The van der Waals surface area contributed by atoms with Gasteiger partial charge in [0.2, 0.25) is 0 Å². The molecule has 1 aromatic heterocycles. The molecule has 7 heteroatoms. The summed E-state index contributed by atoms with van der Waals surface area (Å²) in [5.74, 6) is 0.643. The van der Waals surface area contributed by atoms with Crippen LogP contribution in [0.1, 0.15) is 25.0 Å². The first-order valence-corrected chi connectivity index (χ1v) is 8.16. The molecule has 2 N–H and O–H groups in total. The van der Waals surface area contributed by atoms with Crippen molar-refractivity contribution >= 4 is 29.9 Å². The van der Waals surface area contributed by atoms with Gasteiger partial charge in [0.1, 0.15) is 0 Å². The Balaban J connectivity index is 0.00000312. The topological polar surface area (TPSA) is 50.6 Å². The SMILES string of the molecule is CCNC(=NCc1ccn(C)c1)NCc1ccc(OCC)c(F)c1.I. The summed E-state index contributed by atoms with van der Waals surface area (Å²) in [5, 5.41) is 6.41. The zero-order valence-corrected chi connectivity index (χ0v) is 17.2. The number of aliphatic imine (C=N–C) groups is 1. The van der Waals surface area contributed by atoms with Crippen molar-refractivity contribution in [3.8, 4) is 5.75 Å². The van der Waals surface area contributed by atoms with E-state index in [1.165, 1.54) is 6.07 Å². The largest absolute Gasteiger partial charge is 0.491 e. The monoisotopic (exact) mass is 460 g/mol. The minimum Gasteiger partial charge on any atom is -0.491 e. The number of ether oxygens (including phenoxy) is 1. The number of halogens is 2. The molecule has 1 heterocycles. The predicted molar refractivity (Wildman–Crippen MR) is 110 cm³/mol. The van der Waals surface area contributed by atoms with Gasteiger partial charge in [-0.15, -0.1) is 24.0 Å². The number of nitrogens with zero attached hydrogens (tertiary/aromatic N) is 2. The summed E-state index contributed by atoms with van der Waals surface area (Å²) < 4.78 is 21.1. The van der Waals surface area contributed by atoms with E-state index in [4.69, 9.17) is 4.74 Å². The van der Waals surface area contributed by atoms with Gasteiger partial charge in [0.15, 0.2) is 17.5 Å². The maximum Gasteiger partial charge on any atom is 0.191 e. The van der Waals surface area contributed by atoms with Crippen LogP contribution >= 0.6 is 24.0 Å². The van der Waals surface area contributed by atoms with E-state index in [-0.39, 0.29) is 35.5 Å². The Hall–Kier alpha value is -1.77. The van der Waals surface area contributed by atoms with Gasteiger partial charge in [-0.25, -0.2) is 9.38 Å². The first-order chi connectivity index (χ1) is 11.6. The Morgan fingerprint density at radius 2 is 2.00 bits per heavy atom. The van der Waals surface area contributed by atoms with E-state index < -0.39 is 0 Å². The maximum absolute atomic E-state index is 13.9. The van der Waals surface area contributed by atoms with Gasteiger partial charge in [0, 0.05) is 32.5 Å². The first kappa shape index (κ1) is 21.3. The van der Waals surface area contributed by atoms with Crippen molar-refractivity contribution in [3.63, 3.8) is 0 Å². The Kier molecular flexibility index (Phi) is 9.33. The predicted octanol–water partition coefficient (Wildman–Crippen LogP) is 3.44. The molecule has 0 spiro atoms. The van der Waals surface area contributed by atoms with Crippen molar-refractivity contribution < 1.29 is 9.13 Å². The maximum atomic E-state index is 13.9. The summed E-state index contributed by atoms with van der Waals surface area (Å²) in [6.07, 6.45) is 4.03. The first-order valence-electron chi connectivity index (χ1n) is 8.16. The highest BCUT2D eigenvalue weighted by atomic mass is 127. The summed E-state index contributed by atoms with van der Waals surface area (Å²) >= 11 is 0. The van der Waals surface area contributed by atoms with Crippen LogP contribution in [0.25, 0.3) is 0 Å². The van der Waals surface area contributed by atoms with Gasteiger partial charge in [-0.1, -0.05) is 6.07 Å². The van der Waals surface area contributed by atoms with E-state index in [0.717, 1.165) is 17.7 Å². The second-order valence-electron chi connectivity index (χ2n) is 5.43. The molecule has 0 unspecified atom stereocenters. The molecule has 0 fully saturated rings. The van der Waals surface area contributed by atoms with Crippen LogP contribution in [0.5, 0.6) is 5.75 Å². The molecule has 25 heavy (non-hydrogen) atoms. The van der Waals surface area contributed by atoms with E-state index in [1.54, 1.807) is 6.07 Å².